The van der Waals surface area contributed by atoms with Crippen LogP contribution in [0.1, 0.15) is 23.3 Å². The van der Waals surface area contributed by atoms with Crippen LogP contribution in [0, 0.1) is 5.92 Å². The van der Waals surface area contributed by atoms with Crippen molar-refractivity contribution in [1.82, 2.24) is 9.38 Å². The fourth-order valence-corrected chi connectivity index (χ4v) is 2.85. The van der Waals surface area contributed by atoms with Gasteiger partial charge in [0.25, 0.3) is 0 Å². The van der Waals surface area contributed by atoms with E-state index >= 15 is 0 Å². The second-order valence-corrected chi connectivity index (χ2v) is 5.13. The van der Waals surface area contributed by atoms with Crippen LogP contribution in [0.15, 0.2) is 24.4 Å². The number of aromatic nitrogens is 2. The fourth-order valence-electron chi connectivity index (χ4n) is 2.85. The standard InChI is InChI=1S/C14H17N3O3/c18-8-5-10-4-7-16(9-10)13-12(14(19)20)17-6-2-1-3-11(17)15-13/h1-3,6,10,18H,4-5,7-9H2,(H,19,20). The van der Waals surface area contributed by atoms with Crippen molar-refractivity contribution < 1.29 is 15.0 Å². The summed E-state index contributed by atoms with van der Waals surface area (Å²) in [5.74, 6) is -0.0279. The number of hydrogen-bond acceptors (Lipinski definition) is 4. The van der Waals surface area contributed by atoms with Crippen molar-refractivity contribution in [2.75, 3.05) is 24.6 Å². The Morgan fingerprint density at radius 1 is 1.45 bits per heavy atom. The summed E-state index contributed by atoms with van der Waals surface area (Å²) in [6.45, 7) is 1.72. The Hall–Kier alpha value is -2.08. The number of nitrogens with zero attached hydrogens (tertiary/aromatic N) is 3. The molecule has 3 rings (SSSR count). The first-order valence-electron chi connectivity index (χ1n) is 6.77. The molecule has 2 aromatic rings. The minimum absolute atomic E-state index is 0.176. The number of anilines is 1. The van der Waals surface area contributed by atoms with Crippen molar-refractivity contribution in [1.29, 1.82) is 0 Å². The average Bonchev–Trinajstić information content (AvgIpc) is 3.02. The minimum Gasteiger partial charge on any atom is -0.476 e. The van der Waals surface area contributed by atoms with Gasteiger partial charge in [-0.3, -0.25) is 4.40 Å². The maximum absolute atomic E-state index is 11.5. The molecule has 6 heteroatoms. The van der Waals surface area contributed by atoms with Gasteiger partial charge in [0.2, 0.25) is 0 Å². The zero-order chi connectivity index (χ0) is 14.1. The van der Waals surface area contributed by atoms with Crippen LogP contribution in [0.25, 0.3) is 5.65 Å². The number of imidazole rings is 1. The zero-order valence-corrected chi connectivity index (χ0v) is 11.1. The van der Waals surface area contributed by atoms with Gasteiger partial charge in [0.1, 0.15) is 5.65 Å². The SMILES string of the molecule is O=C(O)c1c(N2CCC(CCO)C2)nc2ccccn12. The molecule has 0 aliphatic carbocycles. The summed E-state index contributed by atoms with van der Waals surface area (Å²) in [4.78, 5) is 18.0. The van der Waals surface area contributed by atoms with Crippen LogP contribution in [-0.2, 0) is 0 Å². The van der Waals surface area contributed by atoms with Gasteiger partial charge in [-0.1, -0.05) is 6.07 Å². The van der Waals surface area contributed by atoms with Gasteiger partial charge in [-0.25, -0.2) is 9.78 Å². The Bertz CT molecular complexity index is 638. The molecule has 6 nitrogen and oxygen atoms in total. The van der Waals surface area contributed by atoms with Crippen LogP contribution in [0.2, 0.25) is 0 Å². The van der Waals surface area contributed by atoms with Crippen molar-refractivity contribution in [3.05, 3.63) is 30.1 Å². The third-order valence-corrected chi connectivity index (χ3v) is 3.84. The van der Waals surface area contributed by atoms with Crippen LogP contribution in [0.4, 0.5) is 5.82 Å². The molecule has 0 radical (unpaired) electrons. The molecule has 106 valence electrons. The molecular formula is C14H17N3O3. The fraction of sp³-hybridized carbons (Fsp3) is 0.429. The molecule has 0 saturated carbocycles. The normalized spacial score (nSPS) is 18.9. The molecule has 3 heterocycles. The van der Waals surface area contributed by atoms with Crippen LogP contribution in [0.5, 0.6) is 0 Å². The number of fused-ring (bicyclic) bond motifs is 1. The van der Waals surface area contributed by atoms with Gasteiger partial charge in [-0.05, 0) is 30.9 Å². The van der Waals surface area contributed by atoms with E-state index < -0.39 is 5.97 Å². The maximum Gasteiger partial charge on any atom is 0.356 e. The molecule has 1 aliphatic rings. The number of aliphatic hydroxyl groups excluding tert-OH is 1. The summed E-state index contributed by atoms with van der Waals surface area (Å²) in [5, 5.41) is 18.5. The number of pyridine rings is 1. The maximum atomic E-state index is 11.5. The third kappa shape index (κ3) is 2.12. The number of aromatic carboxylic acids is 1. The largest absolute Gasteiger partial charge is 0.476 e. The lowest BCUT2D eigenvalue weighted by Gasteiger charge is -2.16. The van der Waals surface area contributed by atoms with E-state index in [0.29, 0.717) is 17.4 Å². The minimum atomic E-state index is -0.968. The van der Waals surface area contributed by atoms with Crippen molar-refractivity contribution in [2.45, 2.75) is 12.8 Å². The summed E-state index contributed by atoms with van der Waals surface area (Å²) < 4.78 is 1.61. The van der Waals surface area contributed by atoms with Crippen molar-refractivity contribution in [2.24, 2.45) is 5.92 Å². The number of carboxylic acid groups (broad SMARTS) is 1. The second kappa shape index (κ2) is 5.13. The van der Waals surface area contributed by atoms with Crippen LogP contribution in [0.3, 0.4) is 0 Å². The van der Waals surface area contributed by atoms with Crippen molar-refractivity contribution >= 4 is 17.4 Å². The highest BCUT2D eigenvalue weighted by Crippen LogP contribution is 2.28. The lowest BCUT2D eigenvalue weighted by molar-refractivity contribution is 0.0690. The Morgan fingerprint density at radius 2 is 2.30 bits per heavy atom. The number of hydrogen-bond donors (Lipinski definition) is 2. The van der Waals surface area contributed by atoms with Crippen LogP contribution in [-0.4, -0.2) is 45.3 Å². The van der Waals surface area contributed by atoms with E-state index in [1.54, 1.807) is 22.7 Å². The van der Waals surface area contributed by atoms with E-state index in [2.05, 4.69) is 4.98 Å². The van der Waals surface area contributed by atoms with E-state index in [4.69, 9.17) is 5.11 Å². The average molecular weight is 275 g/mol. The Balaban J connectivity index is 1.99. The molecule has 2 N–H and O–H groups in total. The molecule has 0 aromatic carbocycles. The van der Waals surface area contributed by atoms with Gasteiger partial charge in [0.15, 0.2) is 11.5 Å². The van der Waals surface area contributed by atoms with E-state index in [1.165, 1.54) is 0 Å². The summed E-state index contributed by atoms with van der Waals surface area (Å²) in [7, 11) is 0. The van der Waals surface area contributed by atoms with E-state index in [0.717, 1.165) is 25.9 Å². The smallest absolute Gasteiger partial charge is 0.356 e. The molecular weight excluding hydrogens is 258 g/mol. The summed E-state index contributed by atoms with van der Waals surface area (Å²) in [6, 6.07) is 5.44. The Kier molecular flexibility index (Phi) is 3.31. The van der Waals surface area contributed by atoms with E-state index in [1.807, 2.05) is 11.0 Å². The first-order valence-corrected chi connectivity index (χ1v) is 6.77. The topological polar surface area (TPSA) is 78.1 Å². The lowest BCUT2D eigenvalue weighted by Crippen LogP contribution is -2.23. The molecule has 1 aliphatic heterocycles. The molecule has 0 amide bonds. The first kappa shape index (κ1) is 12.9. The summed E-state index contributed by atoms with van der Waals surface area (Å²) >= 11 is 0. The highest BCUT2D eigenvalue weighted by Gasteiger charge is 2.29. The zero-order valence-electron chi connectivity index (χ0n) is 11.1. The Labute approximate surface area is 116 Å². The monoisotopic (exact) mass is 275 g/mol. The predicted octanol–water partition coefficient (Wildman–Crippen LogP) is 1.24. The van der Waals surface area contributed by atoms with Crippen LogP contribution >= 0.6 is 0 Å². The number of aliphatic hydroxyl groups is 1. The van der Waals surface area contributed by atoms with Crippen molar-refractivity contribution in [3.8, 4) is 0 Å². The first-order chi connectivity index (χ1) is 9.70. The van der Waals surface area contributed by atoms with Crippen molar-refractivity contribution in [3.63, 3.8) is 0 Å². The van der Waals surface area contributed by atoms with Gasteiger partial charge in [0, 0.05) is 25.9 Å². The molecule has 20 heavy (non-hydrogen) atoms. The number of carbonyl (C=O) groups is 1. The highest BCUT2D eigenvalue weighted by atomic mass is 16.4. The number of rotatable bonds is 4. The Morgan fingerprint density at radius 3 is 3.05 bits per heavy atom. The van der Waals surface area contributed by atoms with E-state index in [9.17, 15) is 9.90 Å². The molecule has 1 atom stereocenters. The third-order valence-electron chi connectivity index (χ3n) is 3.84. The number of carboxylic acids is 1. The molecule has 0 bridgehead atoms. The van der Waals surface area contributed by atoms with E-state index in [-0.39, 0.29) is 12.3 Å². The van der Waals surface area contributed by atoms with Gasteiger partial charge < -0.3 is 15.1 Å². The second-order valence-electron chi connectivity index (χ2n) is 5.13. The lowest BCUT2D eigenvalue weighted by atomic mass is 10.1. The molecule has 1 unspecified atom stereocenters. The van der Waals surface area contributed by atoms with Gasteiger partial charge in [-0.15, -0.1) is 0 Å². The summed E-state index contributed by atoms with van der Waals surface area (Å²) in [5.41, 5.74) is 0.857. The van der Waals surface area contributed by atoms with Crippen LogP contribution < -0.4 is 4.90 Å². The highest BCUT2D eigenvalue weighted by molar-refractivity contribution is 5.93. The summed E-state index contributed by atoms with van der Waals surface area (Å²) in [6.07, 6.45) is 3.44. The predicted molar refractivity (Wildman–Crippen MR) is 74.2 cm³/mol. The van der Waals surface area contributed by atoms with Gasteiger partial charge in [-0.2, -0.15) is 0 Å². The quantitative estimate of drug-likeness (QED) is 0.877. The van der Waals surface area contributed by atoms with Gasteiger partial charge in [0.05, 0.1) is 0 Å². The van der Waals surface area contributed by atoms with Gasteiger partial charge >= 0.3 is 5.97 Å². The molecule has 2 aromatic heterocycles. The molecule has 1 saturated heterocycles. The molecule has 1 fully saturated rings. The molecule has 0 spiro atoms.